The van der Waals surface area contributed by atoms with E-state index in [4.69, 9.17) is 9.90 Å². The monoisotopic (exact) mass is 440 g/mol. The smallest absolute Gasteiger partial charge is 0.475 e. The number of nitrogens with one attached hydrogen (secondary N) is 2. The van der Waals surface area contributed by atoms with Crippen molar-refractivity contribution in [2.45, 2.75) is 6.18 Å². The van der Waals surface area contributed by atoms with E-state index in [1.54, 1.807) is 29.5 Å². The molecule has 14 heteroatoms. The summed E-state index contributed by atoms with van der Waals surface area (Å²) >= 11 is 0. The predicted molar refractivity (Wildman–Crippen MR) is 101 cm³/mol. The molecule has 0 saturated carbocycles. The minimum absolute atomic E-state index is 0.0123. The Bertz CT molecular complexity index is 1020. The number of aryl methyl sites for hydroxylation is 1. The lowest BCUT2D eigenvalue weighted by Crippen LogP contribution is -2.49. The maximum atomic E-state index is 12.9. The van der Waals surface area contributed by atoms with Gasteiger partial charge in [-0.1, -0.05) is 0 Å². The largest absolute Gasteiger partial charge is 0.490 e. The number of carboxylic acids is 1. The molecule has 3 aromatic rings. The number of aromatic nitrogens is 6. The molecule has 1 fully saturated rings. The Balaban J connectivity index is 0.000000339. The van der Waals surface area contributed by atoms with Crippen molar-refractivity contribution in [1.82, 2.24) is 34.8 Å². The van der Waals surface area contributed by atoms with Gasteiger partial charge in [-0.05, 0) is 0 Å². The summed E-state index contributed by atoms with van der Waals surface area (Å²) in [7, 11) is 1.84. The van der Waals surface area contributed by atoms with Gasteiger partial charge in [0.1, 0.15) is 0 Å². The molecule has 0 atom stereocenters. The number of H-pyrrole nitrogens is 2. The summed E-state index contributed by atoms with van der Waals surface area (Å²) in [5, 5.41) is 18.2. The van der Waals surface area contributed by atoms with Crippen LogP contribution in [0.15, 0.2) is 31.0 Å². The van der Waals surface area contributed by atoms with Crippen LogP contribution in [0.5, 0.6) is 0 Å². The van der Waals surface area contributed by atoms with Gasteiger partial charge in [-0.2, -0.15) is 23.4 Å². The third-order valence-electron chi connectivity index (χ3n) is 4.46. The molecule has 4 heterocycles. The fourth-order valence-electron chi connectivity index (χ4n) is 2.94. The summed E-state index contributed by atoms with van der Waals surface area (Å²) < 4.78 is 33.4. The lowest BCUT2D eigenvalue weighted by Gasteiger charge is -2.34. The van der Waals surface area contributed by atoms with Crippen LogP contribution in [0.2, 0.25) is 0 Å². The van der Waals surface area contributed by atoms with Crippen molar-refractivity contribution in [1.29, 1.82) is 0 Å². The van der Waals surface area contributed by atoms with Gasteiger partial charge in [-0.3, -0.25) is 14.6 Å². The van der Waals surface area contributed by atoms with Gasteiger partial charge in [-0.15, -0.1) is 0 Å². The number of aromatic amines is 2. The molecule has 0 spiro atoms. The molecule has 1 saturated heterocycles. The van der Waals surface area contributed by atoms with Crippen LogP contribution in [0.3, 0.4) is 0 Å². The maximum absolute atomic E-state index is 12.9. The van der Waals surface area contributed by atoms with Crippen LogP contribution in [-0.4, -0.2) is 84.2 Å². The van der Waals surface area contributed by atoms with Gasteiger partial charge in [0, 0.05) is 57.4 Å². The summed E-state index contributed by atoms with van der Waals surface area (Å²) in [5.41, 5.74) is 2.14. The van der Waals surface area contributed by atoms with Gasteiger partial charge < -0.3 is 19.9 Å². The average molecular weight is 440 g/mol. The molecular weight excluding hydrogens is 421 g/mol. The number of carboxylic acid groups (broad SMARTS) is 1. The normalized spacial score (nSPS) is 14.2. The van der Waals surface area contributed by atoms with Gasteiger partial charge in [0.05, 0.1) is 23.7 Å². The second-order valence-electron chi connectivity index (χ2n) is 6.56. The molecule has 1 aliphatic rings. The summed E-state index contributed by atoms with van der Waals surface area (Å²) in [6.45, 7) is 2.80. The number of carbonyl (C=O) groups is 2. The van der Waals surface area contributed by atoms with Crippen LogP contribution >= 0.6 is 0 Å². The molecule has 166 valence electrons. The number of rotatable bonds is 3. The molecule has 0 aromatic carbocycles. The van der Waals surface area contributed by atoms with Crippen molar-refractivity contribution in [3.8, 4) is 11.3 Å². The van der Waals surface area contributed by atoms with Crippen LogP contribution in [0.25, 0.3) is 11.3 Å². The second-order valence-corrected chi connectivity index (χ2v) is 6.56. The second kappa shape index (κ2) is 8.89. The molecule has 0 radical (unpaired) electrons. The Morgan fingerprint density at radius 1 is 1.16 bits per heavy atom. The first kappa shape index (κ1) is 21.9. The summed E-state index contributed by atoms with van der Waals surface area (Å²) in [4.78, 5) is 33.1. The highest BCUT2D eigenvalue weighted by atomic mass is 19.4. The highest BCUT2D eigenvalue weighted by Gasteiger charge is 2.38. The number of aliphatic carboxylic acids is 1. The van der Waals surface area contributed by atoms with Crippen LogP contribution < -0.4 is 4.90 Å². The standard InChI is InChI=1S/C15H18N8O.C2HF3O2/c1-21-10-11(8-19-21)13-12(9-18-20-13)14(24)22-4-6-23(7-5-22)15-16-2-3-17-15;3-2(4,5)1(6)7/h2-3,8-10H,4-7H2,1H3,(H,16,17)(H,18,20);(H,6,7). The van der Waals surface area contributed by atoms with Crippen molar-refractivity contribution < 1.29 is 27.9 Å². The minimum atomic E-state index is -5.08. The molecule has 0 aliphatic carbocycles. The van der Waals surface area contributed by atoms with E-state index in [1.165, 1.54) is 0 Å². The molecular formula is C17H19F3N8O3. The van der Waals surface area contributed by atoms with E-state index in [0.717, 1.165) is 24.6 Å². The lowest BCUT2D eigenvalue weighted by molar-refractivity contribution is -0.192. The van der Waals surface area contributed by atoms with Gasteiger partial charge in [0.2, 0.25) is 5.95 Å². The molecule has 3 N–H and O–H groups in total. The lowest BCUT2D eigenvalue weighted by atomic mass is 10.1. The summed E-state index contributed by atoms with van der Waals surface area (Å²) in [6.07, 6.45) is 3.62. The zero-order valence-corrected chi connectivity index (χ0v) is 16.3. The topological polar surface area (TPSA) is 136 Å². The van der Waals surface area contributed by atoms with E-state index in [9.17, 15) is 18.0 Å². The van der Waals surface area contributed by atoms with Crippen molar-refractivity contribution in [3.05, 3.63) is 36.5 Å². The van der Waals surface area contributed by atoms with E-state index in [2.05, 4.69) is 30.2 Å². The molecule has 31 heavy (non-hydrogen) atoms. The van der Waals surface area contributed by atoms with Gasteiger partial charge >= 0.3 is 12.1 Å². The number of carbonyl (C=O) groups excluding carboxylic acids is 1. The van der Waals surface area contributed by atoms with Gasteiger partial charge in [-0.25, -0.2) is 9.78 Å². The highest BCUT2D eigenvalue weighted by molar-refractivity contribution is 5.99. The number of anilines is 1. The molecule has 4 rings (SSSR count). The number of nitrogens with zero attached hydrogens (tertiary/aromatic N) is 6. The summed E-state index contributed by atoms with van der Waals surface area (Å²) in [6, 6.07) is 0. The van der Waals surface area contributed by atoms with Crippen molar-refractivity contribution in [2.24, 2.45) is 7.05 Å². The van der Waals surface area contributed by atoms with E-state index in [0.29, 0.717) is 24.3 Å². The number of hydrogen-bond acceptors (Lipinski definition) is 6. The SMILES string of the molecule is Cn1cc(-c2[nH]ncc2C(=O)N2CCN(c3ncc[nH]3)CC2)cn1.O=C(O)C(F)(F)F. The van der Waals surface area contributed by atoms with E-state index in [1.807, 2.05) is 18.1 Å². The number of imidazole rings is 1. The Morgan fingerprint density at radius 2 is 1.84 bits per heavy atom. The van der Waals surface area contributed by atoms with Gasteiger partial charge in [0.25, 0.3) is 5.91 Å². The van der Waals surface area contributed by atoms with Crippen molar-refractivity contribution in [3.63, 3.8) is 0 Å². The first-order valence-electron chi connectivity index (χ1n) is 9.03. The maximum Gasteiger partial charge on any atom is 0.490 e. The quantitative estimate of drug-likeness (QED) is 0.555. The molecule has 0 unspecified atom stereocenters. The fourth-order valence-corrected chi connectivity index (χ4v) is 2.94. The summed E-state index contributed by atoms with van der Waals surface area (Å²) in [5.74, 6) is -1.92. The molecule has 1 aliphatic heterocycles. The first-order chi connectivity index (χ1) is 14.7. The minimum Gasteiger partial charge on any atom is -0.475 e. The predicted octanol–water partition coefficient (Wildman–Crippen LogP) is 1.13. The van der Waals surface area contributed by atoms with Crippen LogP contribution in [0.1, 0.15) is 10.4 Å². The number of alkyl halides is 3. The van der Waals surface area contributed by atoms with E-state index in [-0.39, 0.29) is 5.91 Å². The van der Waals surface area contributed by atoms with Gasteiger partial charge in [0.15, 0.2) is 0 Å². The Kier molecular flexibility index (Phi) is 6.27. The zero-order valence-electron chi connectivity index (χ0n) is 16.3. The fraction of sp³-hybridized carbons (Fsp3) is 0.353. The van der Waals surface area contributed by atoms with Crippen LogP contribution in [0, 0.1) is 0 Å². The van der Waals surface area contributed by atoms with Crippen molar-refractivity contribution in [2.75, 3.05) is 31.1 Å². The van der Waals surface area contributed by atoms with Crippen LogP contribution in [-0.2, 0) is 11.8 Å². The Morgan fingerprint density at radius 3 is 2.35 bits per heavy atom. The highest BCUT2D eigenvalue weighted by Crippen LogP contribution is 2.22. The van der Waals surface area contributed by atoms with E-state index >= 15 is 0 Å². The Labute approximate surface area is 173 Å². The average Bonchev–Trinajstić information content (AvgIpc) is 3.48. The third kappa shape index (κ3) is 5.21. The number of piperazine rings is 1. The van der Waals surface area contributed by atoms with E-state index < -0.39 is 12.1 Å². The van der Waals surface area contributed by atoms with Crippen LogP contribution in [0.4, 0.5) is 19.1 Å². The molecule has 0 bridgehead atoms. The number of hydrogen-bond donors (Lipinski definition) is 3. The zero-order chi connectivity index (χ0) is 22.6. The number of amides is 1. The Hall–Kier alpha value is -3.84. The number of halogens is 3. The van der Waals surface area contributed by atoms with Crippen molar-refractivity contribution >= 4 is 17.8 Å². The molecule has 1 amide bonds. The molecule has 3 aromatic heterocycles. The third-order valence-corrected chi connectivity index (χ3v) is 4.46. The first-order valence-corrected chi connectivity index (χ1v) is 9.03. The molecule has 11 nitrogen and oxygen atoms in total.